The van der Waals surface area contributed by atoms with E-state index in [1.54, 1.807) is 0 Å². The number of amides is 1. The number of rotatable bonds is 2. The molecule has 0 aromatic heterocycles. The molecule has 1 saturated heterocycles. The van der Waals surface area contributed by atoms with Crippen LogP contribution in [0.2, 0.25) is 0 Å². The first-order valence-electron chi connectivity index (χ1n) is 5.55. The van der Waals surface area contributed by atoms with E-state index in [0.29, 0.717) is 12.3 Å². The Kier molecular flexibility index (Phi) is 3.28. The third-order valence-corrected chi connectivity index (χ3v) is 2.93. The van der Waals surface area contributed by atoms with E-state index in [1.807, 2.05) is 6.92 Å². The summed E-state index contributed by atoms with van der Waals surface area (Å²) in [6.07, 6.45) is 0.708. The zero-order valence-electron chi connectivity index (χ0n) is 9.57. The third kappa shape index (κ3) is 2.55. The monoisotopic (exact) mass is 238 g/mol. The zero-order valence-corrected chi connectivity index (χ0v) is 9.57. The van der Waals surface area contributed by atoms with E-state index >= 15 is 0 Å². The average Bonchev–Trinajstić information content (AvgIpc) is 2.68. The second-order valence-electron chi connectivity index (χ2n) is 4.18. The van der Waals surface area contributed by atoms with Gasteiger partial charge in [-0.15, -0.1) is 0 Å². The number of nitrogens with two attached hydrogens (primary N) is 1. The lowest BCUT2D eigenvalue weighted by atomic mass is 10.1. The van der Waals surface area contributed by atoms with E-state index in [9.17, 15) is 9.18 Å². The number of anilines is 1. The maximum Gasteiger partial charge on any atom is 0.254 e. The largest absolute Gasteiger partial charge is 0.399 e. The van der Waals surface area contributed by atoms with Gasteiger partial charge < -0.3 is 15.8 Å². The minimum atomic E-state index is -0.566. The van der Waals surface area contributed by atoms with Crippen LogP contribution in [-0.4, -0.2) is 24.7 Å². The van der Waals surface area contributed by atoms with E-state index in [2.05, 4.69) is 5.32 Å². The molecule has 0 bridgehead atoms. The van der Waals surface area contributed by atoms with Crippen LogP contribution in [0.5, 0.6) is 0 Å². The van der Waals surface area contributed by atoms with E-state index in [4.69, 9.17) is 10.5 Å². The number of nitrogen functional groups attached to an aromatic ring is 1. The van der Waals surface area contributed by atoms with Gasteiger partial charge in [0.1, 0.15) is 5.82 Å². The van der Waals surface area contributed by atoms with E-state index < -0.39 is 11.7 Å². The number of halogens is 1. The van der Waals surface area contributed by atoms with Crippen molar-refractivity contribution in [2.75, 3.05) is 12.3 Å². The van der Waals surface area contributed by atoms with Crippen molar-refractivity contribution < 1.29 is 13.9 Å². The molecule has 4 nitrogen and oxygen atoms in total. The summed E-state index contributed by atoms with van der Waals surface area (Å²) in [7, 11) is 0. The first kappa shape index (κ1) is 11.9. The molecule has 17 heavy (non-hydrogen) atoms. The minimum Gasteiger partial charge on any atom is -0.399 e. The van der Waals surface area contributed by atoms with Crippen molar-refractivity contribution in [3.63, 3.8) is 0 Å². The quantitative estimate of drug-likeness (QED) is 0.764. The predicted molar refractivity (Wildman–Crippen MR) is 62.1 cm³/mol. The summed E-state index contributed by atoms with van der Waals surface area (Å²) < 4.78 is 18.8. The lowest BCUT2D eigenvalue weighted by molar-refractivity contribution is 0.0862. The van der Waals surface area contributed by atoms with Crippen molar-refractivity contribution in [3.05, 3.63) is 29.6 Å². The smallest absolute Gasteiger partial charge is 0.254 e. The highest BCUT2D eigenvalue weighted by Gasteiger charge is 2.26. The maximum absolute atomic E-state index is 13.4. The number of nitrogens with one attached hydrogen (secondary N) is 1. The van der Waals surface area contributed by atoms with Crippen molar-refractivity contribution in [1.82, 2.24) is 5.32 Å². The summed E-state index contributed by atoms with van der Waals surface area (Å²) in [6, 6.07) is 3.89. The lowest BCUT2D eigenvalue weighted by Crippen LogP contribution is -2.39. The molecule has 5 heteroatoms. The molecule has 92 valence electrons. The van der Waals surface area contributed by atoms with E-state index in [1.165, 1.54) is 18.2 Å². The third-order valence-electron chi connectivity index (χ3n) is 2.93. The van der Waals surface area contributed by atoms with Crippen molar-refractivity contribution in [2.24, 2.45) is 0 Å². The van der Waals surface area contributed by atoms with Crippen LogP contribution in [0.15, 0.2) is 18.2 Å². The topological polar surface area (TPSA) is 64.3 Å². The van der Waals surface area contributed by atoms with Gasteiger partial charge >= 0.3 is 0 Å². The number of benzene rings is 1. The molecule has 2 atom stereocenters. The van der Waals surface area contributed by atoms with Crippen LogP contribution in [0, 0.1) is 5.82 Å². The highest BCUT2D eigenvalue weighted by Crippen LogP contribution is 2.16. The highest BCUT2D eigenvalue weighted by molar-refractivity contribution is 5.95. The summed E-state index contributed by atoms with van der Waals surface area (Å²) in [5.41, 5.74) is 5.87. The van der Waals surface area contributed by atoms with Gasteiger partial charge in [0.05, 0.1) is 17.7 Å². The molecule has 1 fully saturated rings. The van der Waals surface area contributed by atoms with Crippen LogP contribution >= 0.6 is 0 Å². The molecule has 1 aliphatic rings. The van der Waals surface area contributed by atoms with Gasteiger partial charge in [0, 0.05) is 12.3 Å². The van der Waals surface area contributed by atoms with Crippen molar-refractivity contribution in [3.8, 4) is 0 Å². The van der Waals surface area contributed by atoms with Crippen LogP contribution < -0.4 is 11.1 Å². The van der Waals surface area contributed by atoms with Crippen LogP contribution in [-0.2, 0) is 4.74 Å². The number of carbonyl (C=O) groups excluding carboxylic acids is 1. The van der Waals surface area contributed by atoms with Crippen molar-refractivity contribution in [1.29, 1.82) is 0 Å². The molecule has 0 spiro atoms. The fourth-order valence-corrected chi connectivity index (χ4v) is 1.88. The van der Waals surface area contributed by atoms with E-state index in [-0.39, 0.29) is 17.7 Å². The Morgan fingerprint density at radius 1 is 1.59 bits per heavy atom. The summed E-state index contributed by atoms with van der Waals surface area (Å²) in [4.78, 5) is 11.9. The van der Waals surface area contributed by atoms with Crippen molar-refractivity contribution in [2.45, 2.75) is 25.5 Å². The highest BCUT2D eigenvalue weighted by atomic mass is 19.1. The Labute approximate surface area is 98.9 Å². The van der Waals surface area contributed by atoms with Gasteiger partial charge in [0.25, 0.3) is 5.91 Å². The molecule has 1 aliphatic heterocycles. The molecule has 3 N–H and O–H groups in total. The molecular weight excluding hydrogens is 223 g/mol. The fourth-order valence-electron chi connectivity index (χ4n) is 1.88. The van der Waals surface area contributed by atoms with Gasteiger partial charge in [-0.3, -0.25) is 4.79 Å². The Balaban J connectivity index is 2.11. The molecule has 2 rings (SSSR count). The molecule has 0 radical (unpaired) electrons. The molecule has 1 heterocycles. The molecular formula is C12H15FN2O2. The Hall–Kier alpha value is -1.62. The lowest BCUT2D eigenvalue weighted by Gasteiger charge is -2.16. The normalized spacial score (nSPS) is 23.6. The minimum absolute atomic E-state index is 0.0240. The van der Waals surface area contributed by atoms with Crippen LogP contribution in [0.1, 0.15) is 23.7 Å². The Morgan fingerprint density at radius 3 is 3.00 bits per heavy atom. The standard InChI is InChI=1S/C12H15FN2O2/c1-7-11(4-5-17-7)15-12(16)9-6-8(14)2-3-10(9)13/h2-3,6-7,11H,4-5,14H2,1H3,(H,15,16). The van der Waals surface area contributed by atoms with Gasteiger partial charge in [-0.2, -0.15) is 0 Å². The van der Waals surface area contributed by atoms with Crippen molar-refractivity contribution >= 4 is 11.6 Å². The average molecular weight is 238 g/mol. The maximum atomic E-state index is 13.4. The summed E-state index contributed by atoms with van der Waals surface area (Å²) >= 11 is 0. The first-order chi connectivity index (χ1) is 8.08. The summed E-state index contributed by atoms with van der Waals surface area (Å²) in [5, 5.41) is 2.75. The number of carbonyl (C=O) groups is 1. The fraction of sp³-hybridized carbons (Fsp3) is 0.417. The second kappa shape index (κ2) is 4.71. The number of ether oxygens (including phenoxy) is 1. The molecule has 0 saturated carbocycles. The zero-order chi connectivity index (χ0) is 12.4. The van der Waals surface area contributed by atoms with Gasteiger partial charge in [-0.1, -0.05) is 0 Å². The van der Waals surface area contributed by atoms with Gasteiger partial charge in [-0.25, -0.2) is 4.39 Å². The number of hydrogen-bond donors (Lipinski definition) is 2. The molecule has 2 unspecified atom stereocenters. The molecule has 0 aliphatic carbocycles. The van der Waals surface area contributed by atoms with Gasteiger partial charge in [0.2, 0.25) is 0 Å². The van der Waals surface area contributed by atoms with Crippen LogP contribution in [0.25, 0.3) is 0 Å². The summed E-state index contributed by atoms with van der Waals surface area (Å²) in [6.45, 7) is 2.50. The Morgan fingerprint density at radius 2 is 2.35 bits per heavy atom. The van der Waals surface area contributed by atoms with Crippen LogP contribution in [0.3, 0.4) is 0 Å². The Bertz CT molecular complexity index is 437. The predicted octanol–water partition coefficient (Wildman–Crippen LogP) is 1.32. The van der Waals surface area contributed by atoms with E-state index in [0.717, 1.165) is 6.42 Å². The van der Waals surface area contributed by atoms with Gasteiger partial charge in [0.15, 0.2) is 0 Å². The summed E-state index contributed by atoms with van der Waals surface area (Å²) in [5.74, 6) is -1.01. The molecule has 1 amide bonds. The van der Waals surface area contributed by atoms with Crippen LogP contribution in [0.4, 0.5) is 10.1 Å². The molecule has 1 aromatic carbocycles. The second-order valence-corrected chi connectivity index (χ2v) is 4.18. The molecule has 1 aromatic rings. The SMILES string of the molecule is CC1OCCC1NC(=O)c1cc(N)ccc1F. The van der Waals surface area contributed by atoms with Gasteiger partial charge in [-0.05, 0) is 31.5 Å². The first-order valence-corrected chi connectivity index (χ1v) is 5.55. The number of hydrogen-bond acceptors (Lipinski definition) is 3.